The van der Waals surface area contributed by atoms with Crippen molar-refractivity contribution in [1.29, 1.82) is 0 Å². The molecule has 0 heterocycles. The minimum atomic E-state index is -0.212. The van der Waals surface area contributed by atoms with Gasteiger partial charge >= 0.3 is 0 Å². The molecule has 0 saturated heterocycles. The topological polar surface area (TPSA) is 80.9 Å². The van der Waals surface area contributed by atoms with E-state index in [0.717, 1.165) is 51.4 Å². The van der Waals surface area contributed by atoms with Crippen molar-refractivity contribution in [2.75, 3.05) is 26.4 Å². The van der Waals surface area contributed by atoms with E-state index in [0.29, 0.717) is 0 Å². The van der Waals surface area contributed by atoms with Gasteiger partial charge in [-0.1, -0.05) is 53.4 Å². The second-order valence-electron chi connectivity index (χ2n) is 6.55. The van der Waals surface area contributed by atoms with Crippen LogP contribution in [-0.2, 0) is 21.7 Å². The average molecular weight is 368 g/mol. The Morgan fingerprint density at radius 1 is 0.565 bits per heavy atom. The van der Waals surface area contributed by atoms with Gasteiger partial charge in [0.1, 0.15) is 0 Å². The van der Waals surface area contributed by atoms with E-state index in [-0.39, 0.29) is 59.0 Å². The molecular formula is C18H40O4Ti. The first kappa shape index (κ1) is 28.4. The molecule has 0 bridgehead atoms. The SMILES string of the molecule is CCCCC(CC)(CO)CO.CCCCC(CC)(CO)CO.[Ti]. The van der Waals surface area contributed by atoms with Crippen LogP contribution in [0.3, 0.4) is 0 Å². The molecule has 23 heavy (non-hydrogen) atoms. The zero-order valence-electron chi connectivity index (χ0n) is 15.8. The van der Waals surface area contributed by atoms with Gasteiger partial charge in [0, 0.05) is 32.5 Å². The second kappa shape index (κ2) is 17.4. The average Bonchev–Trinajstić information content (AvgIpc) is 2.59. The molecule has 0 aliphatic rings. The summed E-state index contributed by atoms with van der Waals surface area (Å²) in [4.78, 5) is 0. The van der Waals surface area contributed by atoms with Crippen molar-refractivity contribution in [3.05, 3.63) is 0 Å². The fourth-order valence-electron chi connectivity index (χ4n) is 2.32. The summed E-state index contributed by atoms with van der Waals surface area (Å²) in [5.74, 6) is 0. The van der Waals surface area contributed by atoms with Crippen molar-refractivity contribution >= 4 is 0 Å². The van der Waals surface area contributed by atoms with Crippen LogP contribution in [-0.4, -0.2) is 46.9 Å². The van der Waals surface area contributed by atoms with E-state index in [9.17, 15) is 0 Å². The Labute approximate surface area is 158 Å². The van der Waals surface area contributed by atoms with Crippen LogP contribution in [0.1, 0.15) is 79.1 Å². The Bertz CT molecular complexity index is 189. The third-order valence-electron chi connectivity index (χ3n) is 4.96. The monoisotopic (exact) mass is 368 g/mol. The zero-order chi connectivity index (χ0) is 17.5. The van der Waals surface area contributed by atoms with Crippen LogP contribution in [0.4, 0.5) is 0 Å². The van der Waals surface area contributed by atoms with Gasteiger partial charge in [0.05, 0.1) is 26.4 Å². The molecule has 0 radical (unpaired) electrons. The summed E-state index contributed by atoms with van der Waals surface area (Å²) in [5, 5.41) is 36.2. The molecule has 0 aromatic heterocycles. The van der Waals surface area contributed by atoms with Crippen LogP contribution in [0.5, 0.6) is 0 Å². The fourth-order valence-corrected chi connectivity index (χ4v) is 2.32. The molecule has 0 aromatic rings. The van der Waals surface area contributed by atoms with Crippen LogP contribution in [0, 0.1) is 10.8 Å². The largest absolute Gasteiger partial charge is 0.396 e. The molecule has 140 valence electrons. The van der Waals surface area contributed by atoms with Crippen LogP contribution in [0.2, 0.25) is 0 Å². The van der Waals surface area contributed by atoms with Crippen molar-refractivity contribution in [3.63, 3.8) is 0 Å². The Hall–Kier alpha value is 0.554. The van der Waals surface area contributed by atoms with E-state index >= 15 is 0 Å². The summed E-state index contributed by atoms with van der Waals surface area (Å²) in [6.45, 7) is 8.72. The maximum absolute atomic E-state index is 9.04. The molecule has 0 atom stereocenters. The standard InChI is InChI=1S/2C9H20O2.Ti/c2*1-3-5-6-9(4-2,7-10)8-11;/h2*10-11H,3-8H2,1-2H3;. The summed E-state index contributed by atoms with van der Waals surface area (Å²) < 4.78 is 0. The van der Waals surface area contributed by atoms with E-state index < -0.39 is 0 Å². The molecule has 0 fully saturated rings. The maximum Gasteiger partial charge on any atom is 0.0509 e. The number of rotatable bonds is 12. The molecule has 0 aliphatic carbocycles. The molecular weight excluding hydrogens is 328 g/mol. The van der Waals surface area contributed by atoms with Crippen molar-refractivity contribution in [1.82, 2.24) is 0 Å². The Morgan fingerprint density at radius 2 is 0.826 bits per heavy atom. The maximum atomic E-state index is 9.04. The predicted molar refractivity (Wildman–Crippen MR) is 92.8 cm³/mol. The Balaban J connectivity index is -0.000000333. The summed E-state index contributed by atoms with van der Waals surface area (Å²) >= 11 is 0. The Morgan fingerprint density at radius 3 is 0.957 bits per heavy atom. The normalized spacial score (nSPS) is 11.5. The second-order valence-corrected chi connectivity index (χ2v) is 6.55. The summed E-state index contributed by atoms with van der Waals surface area (Å²) in [6, 6.07) is 0. The number of aliphatic hydroxyl groups excluding tert-OH is 4. The van der Waals surface area contributed by atoms with E-state index in [4.69, 9.17) is 20.4 Å². The zero-order valence-corrected chi connectivity index (χ0v) is 17.3. The minimum absolute atomic E-state index is 0. The summed E-state index contributed by atoms with van der Waals surface area (Å²) in [5.41, 5.74) is -0.425. The van der Waals surface area contributed by atoms with Crippen LogP contribution in [0.15, 0.2) is 0 Å². The summed E-state index contributed by atoms with van der Waals surface area (Å²) in [7, 11) is 0. The molecule has 0 unspecified atom stereocenters. The molecule has 5 heteroatoms. The first-order valence-corrected chi connectivity index (χ1v) is 8.92. The summed E-state index contributed by atoms with van der Waals surface area (Å²) in [6.07, 6.45) is 8.04. The van der Waals surface area contributed by atoms with Gasteiger partial charge in [-0.3, -0.25) is 0 Å². The van der Waals surface area contributed by atoms with Crippen molar-refractivity contribution in [2.24, 2.45) is 10.8 Å². The number of hydrogen-bond acceptors (Lipinski definition) is 4. The Kier molecular flexibility index (Phi) is 21.4. The minimum Gasteiger partial charge on any atom is -0.396 e. The van der Waals surface area contributed by atoms with E-state index in [1.165, 1.54) is 0 Å². The van der Waals surface area contributed by atoms with Gasteiger partial charge in [-0.25, -0.2) is 0 Å². The van der Waals surface area contributed by atoms with Crippen molar-refractivity contribution < 1.29 is 42.1 Å². The molecule has 0 aliphatic heterocycles. The molecule has 4 nitrogen and oxygen atoms in total. The third-order valence-corrected chi connectivity index (χ3v) is 4.96. The first-order chi connectivity index (χ1) is 10.5. The van der Waals surface area contributed by atoms with Gasteiger partial charge in [-0.2, -0.15) is 0 Å². The van der Waals surface area contributed by atoms with Crippen molar-refractivity contribution in [2.45, 2.75) is 79.1 Å². The van der Waals surface area contributed by atoms with Gasteiger partial charge in [0.2, 0.25) is 0 Å². The van der Waals surface area contributed by atoms with E-state index in [1.54, 1.807) is 0 Å². The molecule has 0 saturated carbocycles. The number of unbranched alkanes of at least 4 members (excludes halogenated alkanes) is 2. The van der Waals surface area contributed by atoms with Gasteiger partial charge in [0.15, 0.2) is 0 Å². The smallest absolute Gasteiger partial charge is 0.0509 e. The van der Waals surface area contributed by atoms with Gasteiger partial charge < -0.3 is 20.4 Å². The van der Waals surface area contributed by atoms with Gasteiger partial charge in [0.25, 0.3) is 0 Å². The third kappa shape index (κ3) is 11.7. The fraction of sp³-hybridized carbons (Fsp3) is 1.00. The van der Waals surface area contributed by atoms with Crippen molar-refractivity contribution in [3.8, 4) is 0 Å². The molecule has 0 aromatic carbocycles. The first-order valence-electron chi connectivity index (χ1n) is 8.92. The van der Waals surface area contributed by atoms with E-state index in [1.807, 2.05) is 13.8 Å². The number of hydrogen-bond donors (Lipinski definition) is 4. The van der Waals surface area contributed by atoms with Crippen LogP contribution < -0.4 is 0 Å². The van der Waals surface area contributed by atoms with Gasteiger partial charge in [-0.05, 0) is 25.7 Å². The van der Waals surface area contributed by atoms with Crippen LogP contribution >= 0.6 is 0 Å². The van der Waals surface area contributed by atoms with Crippen LogP contribution in [0.25, 0.3) is 0 Å². The quantitative estimate of drug-likeness (QED) is 0.399. The van der Waals surface area contributed by atoms with Gasteiger partial charge in [-0.15, -0.1) is 0 Å². The molecule has 4 N–H and O–H groups in total. The predicted octanol–water partition coefficient (Wildman–Crippen LogP) is 3.11. The van der Waals surface area contributed by atoms with E-state index in [2.05, 4.69) is 13.8 Å². The molecule has 0 amide bonds. The number of aliphatic hydroxyl groups is 4. The molecule has 0 spiro atoms. The molecule has 0 rings (SSSR count).